The SMILES string of the molecule is O=C(Nc1ccc(Oc2ccc3ncc(N4CCOCC4)nc3c2)cc1)c1ccc(C(F)(F)F)c(Cl)c1. The van der Waals surface area contributed by atoms with E-state index in [-0.39, 0.29) is 5.56 Å². The molecule has 1 amide bonds. The van der Waals surface area contributed by atoms with Crippen LogP contribution in [0.15, 0.2) is 66.9 Å². The summed E-state index contributed by atoms with van der Waals surface area (Å²) in [4.78, 5) is 23.8. The van der Waals surface area contributed by atoms with Crippen LogP contribution in [0.2, 0.25) is 5.02 Å². The number of hydrogen-bond donors (Lipinski definition) is 1. The van der Waals surface area contributed by atoms with Gasteiger partial charge in [-0.3, -0.25) is 9.78 Å². The number of nitrogens with zero attached hydrogens (tertiary/aromatic N) is 3. The minimum absolute atomic E-state index is 0.00653. The zero-order valence-corrected chi connectivity index (χ0v) is 20.0. The zero-order valence-electron chi connectivity index (χ0n) is 19.3. The highest BCUT2D eigenvalue weighted by Crippen LogP contribution is 2.35. The van der Waals surface area contributed by atoms with E-state index in [0.717, 1.165) is 42.6 Å². The van der Waals surface area contributed by atoms with Gasteiger partial charge in [0, 0.05) is 30.4 Å². The first-order chi connectivity index (χ1) is 17.8. The number of nitrogens with one attached hydrogen (secondary N) is 1. The van der Waals surface area contributed by atoms with E-state index in [1.54, 1.807) is 42.6 Å². The first-order valence-electron chi connectivity index (χ1n) is 11.3. The van der Waals surface area contributed by atoms with Crippen LogP contribution in [0.25, 0.3) is 11.0 Å². The summed E-state index contributed by atoms with van der Waals surface area (Å²) in [5.74, 6) is 1.28. The normalized spacial score (nSPS) is 14.0. The van der Waals surface area contributed by atoms with Gasteiger partial charge in [0.15, 0.2) is 0 Å². The summed E-state index contributed by atoms with van der Waals surface area (Å²) in [5, 5.41) is 2.09. The molecule has 1 N–H and O–H groups in total. The van der Waals surface area contributed by atoms with Gasteiger partial charge >= 0.3 is 6.18 Å². The molecule has 1 fully saturated rings. The third-order valence-corrected chi connectivity index (χ3v) is 6.03. The number of benzene rings is 3. The van der Waals surface area contributed by atoms with Crippen LogP contribution in [0.1, 0.15) is 15.9 Å². The molecule has 3 aromatic carbocycles. The standard InChI is InChI=1S/C26H20ClF3N4O3/c27-21-13-16(1-7-20(21)26(28,29)30)25(35)32-17-2-4-18(5-3-17)37-19-6-8-22-23(14-19)33-24(15-31-22)34-9-11-36-12-10-34/h1-8,13-15H,9-12H2,(H,32,35). The second-order valence-electron chi connectivity index (χ2n) is 8.25. The largest absolute Gasteiger partial charge is 0.457 e. The van der Waals surface area contributed by atoms with Gasteiger partial charge in [-0.25, -0.2) is 4.98 Å². The monoisotopic (exact) mass is 528 g/mol. The number of hydrogen-bond acceptors (Lipinski definition) is 6. The van der Waals surface area contributed by atoms with Crippen molar-refractivity contribution in [1.29, 1.82) is 0 Å². The van der Waals surface area contributed by atoms with E-state index in [9.17, 15) is 18.0 Å². The van der Waals surface area contributed by atoms with E-state index >= 15 is 0 Å². The molecule has 0 atom stereocenters. The number of carbonyl (C=O) groups excluding carboxylic acids is 1. The molecule has 1 aliphatic rings. The molecule has 1 saturated heterocycles. The molecular weight excluding hydrogens is 509 g/mol. The Bertz CT molecular complexity index is 1440. The summed E-state index contributed by atoms with van der Waals surface area (Å²) in [5.41, 5.74) is 0.885. The van der Waals surface area contributed by atoms with Crippen molar-refractivity contribution < 1.29 is 27.4 Å². The van der Waals surface area contributed by atoms with Crippen molar-refractivity contribution in [3.05, 3.63) is 83.0 Å². The molecule has 0 radical (unpaired) electrons. The molecule has 37 heavy (non-hydrogen) atoms. The van der Waals surface area contributed by atoms with Crippen molar-refractivity contribution in [2.24, 2.45) is 0 Å². The average Bonchev–Trinajstić information content (AvgIpc) is 2.89. The zero-order chi connectivity index (χ0) is 26.0. The predicted octanol–water partition coefficient (Wildman–Crippen LogP) is 6.18. The summed E-state index contributed by atoms with van der Waals surface area (Å²) >= 11 is 5.71. The number of ether oxygens (including phenoxy) is 2. The van der Waals surface area contributed by atoms with Crippen LogP contribution in [0, 0.1) is 0 Å². The van der Waals surface area contributed by atoms with E-state index in [2.05, 4.69) is 15.2 Å². The van der Waals surface area contributed by atoms with Gasteiger partial charge in [-0.05, 0) is 54.6 Å². The Labute approximate surface area is 214 Å². The summed E-state index contributed by atoms with van der Waals surface area (Å²) in [7, 11) is 0. The van der Waals surface area contributed by atoms with Crippen LogP contribution < -0.4 is 15.0 Å². The van der Waals surface area contributed by atoms with Crippen LogP contribution in [0.5, 0.6) is 11.5 Å². The topological polar surface area (TPSA) is 76.6 Å². The molecule has 2 heterocycles. The van der Waals surface area contributed by atoms with Gasteiger partial charge in [0.05, 0.1) is 41.0 Å². The third-order valence-electron chi connectivity index (χ3n) is 5.72. The second-order valence-corrected chi connectivity index (χ2v) is 8.66. The molecule has 1 aromatic heterocycles. The van der Waals surface area contributed by atoms with Crippen LogP contribution in [-0.2, 0) is 10.9 Å². The smallest absolute Gasteiger partial charge is 0.417 e. The first kappa shape index (κ1) is 24.8. The molecule has 7 nitrogen and oxygen atoms in total. The molecule has 0 spiro atoms. The molecule has 0 unspecified atom stereocenters. The van der Waals surface area contributed by atoms with Crippen LogP contribution >= 0.6 is 11.6 Å². The number of morpholine rings is 1. The van der Waals surface area contributed by atoms with Crippen LogP contribution in [-0.4, -0.2) is 42.2 Å². The molecule has 0 aliphatic carbocycles. The number of aromatic nitrogens is 2. The van der Waals surface area contributed by atoms with Crippen LogP contribution in [0.3, 0.4) is 0 Å². The van der Waals surface area contributed by atoms with Crippen molar-refractivity contribution >= 4 is 40.0 Å². The number of anilines is 2. The molecule has 190 valence electrons. The second kappa shape index (κ2) is 10.2. The van der Waals surface area contributed by atoms with E-state index < -0.39 is 22.7 Å². The maximum atomic E-state index is 12.9. The van der Waals surface area contributed by atoms with Crippen molar-refractivity contribution in [3.63, 3.8) is 0 Å². The predicted molar refractivity (Wildman–Crippen MR) is 133 cm³/mol. The van der Waals surface area contributed by atoms with Crippen molar-refractivity contribution in [3.8, 4) is 11.5 Å². The molecule has 4 aromatic rings. The maximum absolute atomic E-state index is 12.9. The molecular formula is C26H20ClF3N4O3. The molecule has 11 heteroatoms. The van der Waals surface area contributed by atoms with Gasteiger partial charge in [-0.1, -0.05) is 11.6 Å². The number of amides is 1. The van der Waals surface area contributed by atoms with Gasteiger partial charge in [-0.15, -0.1) is 0 Å². The van der Waals surface area contributed by atoms with Crippen molar-refractivity contribution in [2.75, 3.05) is 36.5 Å². The summed E-state index contributed by atoms with van der Waals surface area (Å²) < 4.78 is 50.0. The number of carbonyl (C=O) groups is 1. The fraction of sp³-hybridized carbons (Fsp3) is 0.192. The van der Waals surface area contributed by atoms with E-state index in [1.807, 2.05) is 6.07 Å². The highest BCUT2D eigenvalue weighted by molar-refractivity contribution is 6.32. The highest BCUT2D eigenvalue weighted by Gasteiger charge is 2.33. The van der Waals surface area contributed by atoms with E-state index in [4.69, 9.17) is 26.1 Å². The first-order valence-corrected chi connectivity index (χ1v) is 11.7. The lowest BCUT2D eigenvalue weighted by Crippen LogP contribution is -2.36. The van der Waals surface area contributed by atoms with Crippen LogP contribution in [0.4, 0.5) is 24.7 Å². The summed E-state index contributed by atoms with van der Waals surface area (Å²) in [6, 6.07) is 14.8. The fourth-order valence-corrected chi connectivity index (χ4v) is 4.11. The van der Waals surface area contributed by atoms with Crippen molar-refractivity contribution in [1.82, 2.24) is 9.97 Å². The number of fused-ring (bicyclic) bond motifs is 1. The summed E-state index contributed by atoms with van der Waals surface area (Å²) in [6.45, 7) is 2.81. The van der Waals surface area contributed by atoms with Gasteiger partial charge in [0.25, 0.3) is 5.91 Å². The number of halogens is 4. The van der Waals surface area contributed by atoms with Crippen molar-refractivity contribution in [2.45, 2.75) is 6.18 Å². The Morgan fingerprint density at radius 3 is 2.41 bits per heavy atom. The Hall–Kier alpha value is -3.89. The number of alkyl halides is 3. The Morgan fingerprint density at radius 2 is 1.70 bits per heavy atom. The van der Waals surface area contributed by atoms with Gasteiger partial charge in [-0.2, -0.15) is 13.2 Å². The fourth-order valence-electron chi connectivity index (χ4n) is 3.82. The molecule has 5 rings (SSSR count). The molecule has 0 saturated carbocycles. The Morgan fingerprint density at radius 1 is 0.973 bits per heavy atom. The Balaban J connectivity index is 1.26. The Kier molecular flexibility index (Phi) is 6.86. The maximum Gasteiger partial charge on any atom is 0.417 e. The van der Waals surface area contributed by atoms with Gasteiger partial charge < -0.3 is 19.7 Å². The highest BCUT2D eigenvalue weighted by atomic mass is 35.5. The lowest BCUT2D eigenvalue weighted by atomic mass is 10.1. The van der Waals surface area contributed by atoms with E-state index in [1.165, 1.54) is 0 Å². The van der Waals surface area contributed by atoms with E-state index in [0.29, 0.717) is 35.9 Å². The quantitative estimate of drug-likeness (QED) is 0.333. The number of rotatable bonds is 5. The van der Waals surface area contributed by atoms with Gasteiger partial charge in [0.2, 0.25) is 0 Å². The molecule has 0 bridgehead atoms. The summed E-state index contributed by atoms with van der Waals surface area (Å²) in [6.07, 6.45) is -2.84. The molecule has 1 aliphatic heterocycles. The minimum atomic E-state index is -4.59. The lowest BCUT2D eigenvalue weighted by molar-refractivity contribution is -0.137. The minimum Gasteiger partial charge on any atom is -0.457 e. The third kappa shape index (κ3) is 5.76. The average molecular weight is 529 g/mol. The van der Waals surface area contributed by atoms with Gasteiger partial charge in [0.1, 0.15) is 17.3 Å². The lowest BCUT2D eigenvalue weighted by Gasteiger charge is -2.27.